The summed E-state index contributed by atoms with van der Waals surface area (Å²) in [6.07, 6.45) is 0. The molecule has 0 atom stereocenters. The molecule has 206 valence electrons. The summed E-state index contributed by atoms with van der Waals surface area (Å²) < 4.78 is 8.91. The number of hydrogen-bond donors (Lipinski definition) is 0. The van der Waals surface area contributed by atoms with Crippen LogP contribution in [0.3, 0.4) is 0 Å². The molecule has 8 aromatic rings. The van der Waals surface area contributed by atoms with E-state index in [-0.39, 0.29) is 5.92 Å². The molecule has 2 aromatic heterocycles. The van der Waals surface area contributed by atoms with Crippen LogP contribution < -0.4 is 0 Å². The predicted molar refractivity (Wildman–Crippen MR) is 179 cm³/mol. The fourth-order valence-corrected chi connectivity index (χ4v) is 6.34. The van der Waals surface area contributed by atoms with Crippen molar-refractivity contribution in [2.45, 2.75) is 19.8 Å². The third-order valence-electron chi connectivity index (χ3n) is 8.38. The quantitative estimate of drug-likeness (QED) is 0.212. The van der Waals surface area contributed by atoms with Crippen LogP contribution in [0.1, 0.15) is 25.3 Å². The van der Waals surface area contributed by atoms with E-state index in [1.165, 1.54) is 27.8 Å². The number of fused-ring (bicyclic) bond motifs is 4. The zero-order chi connectivity index (χ0) is 28.9. The number of furan rings is 1. The Bertz CT molecular complexity index is 2260. The van der Waals surface area contributed by atoms with Crippen molar-refractivity contribution in [2.75, 3.05) is 0 Å². The molecule has 0 aliphatic rings. The van der Waals surface area contributed by atoms with Gasteiger partial charge >= 0.3 is 0 Å². The summed E-state index contributed by atoms with van der Waals surface area (Å²) in [5, 5.41) is 2.21. The van der Waals surface area contributed by atoms with Crippen LogP contribution in [-0.4, -0.2) is 9.55 Å². The Morgan fingerprint density at radius 3 is 2.05 bits per heavy atom. The van der Waals surface area contributed by atoms with Crippen LogP contribution in [0, 0.1) is 0 Å². The van der Waals surface area contributed by atoms with E-state index in [2.05, 4.69) is 146 Å². The molecule has 3 heteroatoms. The monoisotopic (exact) mass is 554 g/mol. The molecule has 0 aliphatic carbocycles. The van der Waals surface area contributed by atoms with Crippen LogP contribution in [-0.2, 0) is 0 Å². The Labute approximate surface area is 250 Å². The van der Waals surface area contributed by atoms with Crippen LogP contribution in [0.15, 0.2) is 144 Å². The number of rotatable bonds is 5. The van der Waals surface area contributed by atoms with E-state index in [9.17, 15) is 0 Å². The number of aromatic nitrogens is 2. The topological polar surface area (TPSA) is 31.0 Å². The summed E-state index contributed by atoms with van der Waals surface area (Å²) in [5.74, 6) is 1.13. The average Bonchev–Trinajstić information content (AvgIpc) is 3.63. The van der Waals surface area contributed by atoms with Gasteiger partial charge in [0.15, 0.2) is 0 Å². The molecule has 0 N–H and O–H groups in total. The van der Waals surface area contributed by atoms with E-state index in [1.807, 2.05) is 12.1 Å². The van der Waals surface area contributed by atoms with Crippen molar-refractivity contribution < 1.29 is 4.42 Å². The fourth-order valence-electron chi connectivity index (χ4n) is 6.34. The SMILES string of the molecule is CC(C)c1cc(-c2ccccc2)cc(-c2ccccc2)c1-n1c(-c2cccc3c2oc2ccccc23)nc2ccccc21. The summed E-state index contributed by atoms with van der Waals surface area (Å²) >= 11 is 0. The van der Waals surface area contributed by atoms with Gasteiger partial charge in [-0.25, -0.2) is 4.98 Å². The number of hydrogen-bond acceptors (Lipinski definition) is 2. The van der Waals surface area contributed by atoms with E-state index in [0.717, 1.165) is 50.0 Å². The first kappa shape index (κ1) is 25.3. The van der Waals surface area contributed by atoms with Crippen molar-refractivity contribution in [1.82, 2.24) is 9.55 Å². The number of nitrogens with zero attached hydrogens (tertiary/aromatic N) is 2. The first-order valence-electron chi connectivity index (χ1n) is 14.8. The standard InChI is InChI=1S/C40H30N2O/c1-26(2)33-24-29(27-14-5-3-6-15-27)25-34(28-16-7-4-8-17-28)38(33)42-36-22-11-10-21-35(36)41-40(42)32-20-13-19-31-30-18-9-12-23-37(30)43-39(31)32/h3-26H,1-2H3. The Morgan fingerprint density at radius 2 is 1.26 bits per heavy atom. The van der Waals surface area contributed by atoms with Gasteiger partial charge in [-0.1, -0.05) is 117 Å². The van der Waals surface area contributed by atoms with Crippen LogP contribution in [0.5, 0.6) is 0 Å². The highest BCUT2D eigenvalue weighted by atomic mass is 16.3. The Balaban J connectivity index is 1.51. The highest BCUT2D eigenvalue weighted by molar-refractivity contribution is 6.09. The molecule has 3 nitrogen and oxygen atoms in total. The van der Waals surface area contributed by atoms with Gasteiger partial charge in [-0.15, -0.1) is 0 Å². The molecule has 6 aromatic carbocycles. The van der Waals surface area contributed by atoms with E-state index < -0.39 is 0 Å². The average molecular weight is 555 g/mol. The third-order valence-corrected chi connectivity index (χ3v) is 8.38. The summed E-state index contributed by atoms with van der Waals surface area (Å²) in [7, 11) is 0. The Hall–Kier alpha value is -5.41. The minimum atomic E-state index is 0.261. The zero-order valence-corrected chi connectivity index (χ0v) is 24.2. The van der Waals surface area contributed by atoms with Gasteiger partial charge in [-0.3, -0.25) is 4.57 Å². The molecule has 0 saturated carbocycles. The second kappa shape index (κ2) is 10.1. The number of benzene rings is 6. The summed E-state index contributed by atoms with van der Waals surface area (Å²) in [4.78, 5) is 5.30. The zero-order valence-electron chi connectivity index (χ0n) is 24.2. The van der Waals surface area contributed by atoms with Gasteiger partial charge in [0.2, 0.25) is 0 Å². The molecular formula is C40H30N2O. The van der Waals surface area contributed by atoms with Crippen LogP contribution in [0.2, 0.25) is 0 Å². The molecule has 8 rings (SSSR count). The minimum Gasteiger partial charge on any atom is -0.455 e. The molecule has 0 saturated heterocycles. The van der Waals surface area contributed by atoms with E-state index in [1.54, 1.807) is 0 Å². The molecule has 0 radical (unpaired) electrons. The lowest BCUT2D eigenvalue weighted by molar-refractivity contribution is 0.669. The van der Waals surface area contributed by atoms with Crippen LogP contribution in [0.4, 0.5) is 0 Å². The van der Waals surface area contributed by atoms with Gasteiger partial charge in [0.1, 0.15) is 17.0 Å². The molecule has 0 spiro atoms. The second-order valence-electron chi connectivity index (χ2n) is 11.4. The van der Waals surface area contributed by atoms with Crippen LogP contribution >= 0.6 is 0 Å². The van der Waals surface area contributed by atoms with Gasteiger partial charge in [-0.05, 0) is 64.6 Å². The van der Waals surface area contributed by atoms with Gasteiger partial charge in [0, 0.05) is 16.3 Å². The maximum absolute atomic E-state index is 6.54. The first-order chi connectivity index (χ1) is 21.2. The summed E-state index contributed by atoms with van der Waals surface area (Å²) in [6.45, 7) is 4.56. The molecular weight excluding hydrogens is 524 g/mol. The number of imidazole rings is 1. The lowest BCUT2D eigenvalue weighted by Gasteiger charge is -2.23. The molecule has 0 unspecified atom stereocenters. The highest BCUT2D eigenvalue weighted by Gasteiger charge is 2.25. The highest BCUT2D eigenvalue weighted by Crippen LogP contribution is 2.43. The van der Waals surface area contributed by atoms with Crippen LogP contribution in [0.25, 0.3) is 72.3 Å². The van der Waals surface area contributed by atoms with Gasteiger partial charge in [-0.2, -0.15) is 0 Å². The van der Waals surface area contributed by atoms with E-state index in [4.69, 9.17) is 9.40 Å². The third kappa shape index (κ3) is 4.16. The molecule has 0 amide bonds. The van der Waals surface area contributed by atoms with Gasteiger partial charge in [0.05, 0.1) is 22.3 Å². The van der Waals surface area contributed by atoms with E-state index in [0.29, 0.717) is 0 Å². The second-order valence-corrected chi connectivity index (χ2v) is 11.4. The molecule has 0 fully saturated rings. The van der Waals surface area contributed by atoms with Crippen molar-refractivity contribution in [3.05, 3.63) is 145 Å². The molecule has 0 aliphatic heterocycles. The maximum Gasteiger partial charge on any atom is 0.149 e. The van der Waals surface area contributed by atoms with Crippen molar-refractivity contribution in [2.24, 2.45) is 0 Å². The lowest BCUT2D eigenvalue weighted by Crippen LogP contribution is -2.07. The fraction of sp³-hybridized carbons (Fsp3) is 0.0750. The largest absolute Gasteiger partial charge is 0.455 e. The maximum atomic E-state index is 6.54. The number of para-hydroxylation sites is 4. The minimum absolute atomic E-state index is 0.261. The summed E-state index contributed by atoms with van der Waals surface area (Å²) in [6, 6.07) is 49.2. The molecule has 2 heterocycles. The normalized spacial score (nSPS) is 11.7. The van der Waals surface area contributed by atoms with Crippen molar-refractivity contribution in [3.8, 4) is 39.3 Å². The molecule has 0 bridgehead atoms. The van der Waals surface area contributed by atoms with Crippen molar-refractivity contribution >= 4 is 33.0 Å². The lowest BCUT2D eigenvalue weighted by atomic mass is 9.89. The summed E-state index contributed by atoms with van der Waals surface area (Å²) in [5.41, 5.74) is 11.9. The van der Waals surface area contributed by atoms with Crippen molar-refractivity contribution in [3.63, 3.8) is 0 Å². The van der Waals surface area contributed by atoms with Gasteiger partial charge in [0.25, 0.3) is 0 Å². The Kier molecular flexibility index (Phi) is 5.97. The first-order valence-corrected chi connectivity index (χ1v) is 14.8. The van der Waals surface area contributed by atoms with E-state index >= 15 is 0 Å². The Morgan fingerprint density at radius 1 is 0.581 bits per heavy atom. The van der Waals surface area contributed by atoms with Crippen molar-refractivity contribution in [1.29, 1.82) is 0 Å². The molecule has 43 heavy (non-hydrogen) atoms. The predicted octanol–water partition coefficient (Wildman–Crippen LogP) is 11.0. The van der Waals surface area contributed by atoms with Gasteiger partial charge < -0.3 is 4.42 Å². The smallest absolute Gasteiger partial charge is 0.149 e.